The van der Waals surface area contributed by atoms with Gasteiger partial charge in [0.05, 0.1) is 0 Å². The maximum Gasteiger partial charge on any atom is 0.251 e. The largest absolute Gasteiger partial charge is 0.508 e. The summed E-state index contributed by atoms with van der Waals surface area (Å²) in [5.74, 6) is 0.421. The van der Waals surface area contributed by atoms with Gasteiger partial charge in [-0.2, -0.15) is 0 Å². The van der Waals surface area contributed by atoms with Crippen molar-refractivity contribution in [1.82, 2.24) is 5.32 Å². The van der Waals surface area contributed by atoms with Gasteiger partial charge in [0.2, 0.25) is 0 Å². The van der Waals surface area contributed by atoms with Crippen LogP contribution in [0, 0.1) is 12.8 Å². The van der Waals surface area contributed by atoms with Crippen molar-refractivity contribution >= 4 is 5.91 Å². The van der Waals surface area contributed by atoms with E-state index in [1.165, 1.54) is 0 Å². The van der Waals surface area contributed by atoms with Gasteiger partial charge in [-0.3, -0.25) is 4.79 Å². The van der Waals surface area contributed by atoms with Gasteiger partial charge in [-0.1, -0.05) is 12.5 Å². The van der Waals surface area contributed by atoms with E-state index >= 15 is 0 Å². The second-order valence-corrected chi connectivity index (χ2v) is 4.96. The van der Waals surface area contributed by atoms with Crippen LogP contribution in [0.4, 0.5) is 0 Å². The van der Waals surface area contributed by atoms with E-state index < -0.39 is 0 Å². The minimum atomic E-state index is -0.117. The summed E-state index contributed by atoms with van der Waals surface area (Å²) in [6.45, 7) is 2.36. The number of hydrogen-bond acceptors (Lipinski definition) is 3. The molecule has 1 aliphatic carbocycles. The van der Waals surface area contributed by atoms with Crippen LogP contribution in [0.25, 0.3) is 0 Å². The zero-order valence-corrected chi connectivity index (χ0v) is 10.6. The van der Waals surface area contributed by atoms with Gasteiger partial charge in [0.25, 0.3) is 5.91 Å². The van der Waals surface area contributed by atoms with Crippen molar-refractivity contribution in [2.75, 3.05) is 6.54 Å². The minimum Gasteiger partial charge on any atom is -0.508 e. The third-order valence-electron chi connectivity index (χ3n) is 3.83. The molecule has 1 aromatic rings. The zero-order chi connectivity index (χ0) is 13.1. The Kier molecular flexibility index (Phi) is 3.87. The smallest absolute Gasteiger partial charge is 0.251 e. The molecule has 0 spiro atoms. The van der Waals surface area contributed by atoms with Crippen molar-refractivity contribution in [3.63, 3.8) is 0 Å². The second-order valence-electron chi connectivity index (χ2n) is 4.96. The molecule has 0 radical (unpaired) electrons. The number of phenols is 1. The molecule has 1 aliphatic rings. The number of rotatable bonds is 3. The van der Waals surface area contributed by atoms with Crippen molar-refractivity contribution in [3.05, 3.63) is 29.3 Å². The summed E-state index contributed by atoms with van der Waals surface area (Å²) < 4.78 is 0. The van der Waals surface area contributed by atoms with Gasteiger partial charge in [-0.15, -0.1) is 0 Å². The quantitative estimate of drug-likeness (QED) is 0.759. The van der Waals surface area contributed by atoms with E-state index in [1.807, 2.05) is 0 Å². The highest BCUT2D eigenvalue weighted by Gasteiger charge is 2.28. The number of carbonyl (C=O) groups is 1. The lowest BCUT2D eigenvalue weighted by Gasteiger charge is -2.20. The van der Waals surface area contributed by atoms with Crippen LogP contribution in [0.3, 0.4) is 0 Å². The van der Waals surface area contributed by atoms with Crippen LogP contribution in [-0.2, 0) is 0 Å². The maximum atomic E-state index is 12.2. The van der Waals surface area contributed by atoms with Gasteiger partial charge >= 0.3 is 0 Å². The molecule has 0 heterocycles. The van der Waals surface area contributed by atoms with Crippen molar-refractivity contribution in [2.24, 2.45) is 11.7 Å². The molecule has 1 amide bonds. The molecule has 4 heteroatoms. The molecule has 0 saturated heterocycles. The highest BCUT2D eigenvalue weighted by atomic mass is 16.3. The fourth-order valence-electron chi connectivity index (χ4n) is 2.62. The first-order valence-corrected chi connectivity index (χ1v) is 6.43. The van der Waals surface area contributed by atoms with Gasteiger partial charge < -0.3 is 16.2 Å². The number of carbonyl (C=O) groups excluding carboxylic acids is 1. The van der Waals surface area contributed by atoms with Crippen LogP contribution in [0.15, 0.2) is 18.2 Å². The number of nitrogens with two attached hydrogens (primary N) is 1. The Balaban J connectivity index is 2.10. The van der Waals surface area contributed by atoms with Gasteiger partial charge in [0.15, 0.2) is 0 Å². The zero-order valence-electron chi connectivity index (χ0n) is 10.6. The number of nitrogens with one attached hydrogen (secondary N) is 1. The van der Waals surface area contributed by atoms with Crippen LogP contribution in [-0.4, -0.2) is 23.6 Å². The Labute approximate surface area is 107 Å². The third kappa shape index (κ3) is 2.48. The Morgan fingerprint density at radius 1 is 1.50 bits per heavy atom. The summed E-state index contributed by atoms with van der Waals surface area (Å²) in [5.41, 5.74) is 6.86. The first-order chi connectivity index (χ1) is 8.63. The molecular formula is C14H20N2O2. The topological polar surface area (TPSA) is 75.3 Å². The van der Waals surface area contributed by atoms with Crippen LogP contribution in [0.5, 0.6) is 5.75 Å². The molecule has 18 heavy (non-hydrogen) atoms. The molecule has 4 nitrogen and oxygen atoms in total. The van der Waals surface area contributed by atoms with E-state index in [1.54, 1.807) is 25.1 Å². The Bertz CT molecular complexity index is 445. The van der Waals surface area contributed by atoms with Gasteiger partial charge in [0.1, 0.15) is 5.75 Å². The summed E-state index contributed by atoms with van der Waals surface area (Å²) in [6, 6.07) is 5.18. The normalized spacial score (nSPS) is 23.0. The van der Waals surface area contributed by atoms with E-state index in [4.69, 9.17) is 5.73 Å². The summed E-state index contributed by atoms with van der Waals surface area (Å²) in [4.78, 5) is 12.2. The molecule has 0 bridgehead atoms. The first kappa shape index (κ1) is 12.9. The maximum absolute atomic E-state index is 12.2. The van der Waals surface area contributed by atoms with Crippen LogP contribution in [0.1, 0.15) is 35.2 Å². The number of hydrogen-bond donors (Lipinski definition) is 3. The van der Waals surface area contributed by atoms with E-state index in [9.17, 15) is 9.90 Å². The number of benzene rings is 1. The second kappa shape index (κ2) is 5.40. The third-order valence-corrected chi connectivity index (χ3v) is 3.83. The monoisotopic (exact) mass is 248 g/mol. The van der Waals surface area contributed by atoms with Crippen molar-refractivity contribution in [3.8, 4) is 5.75 Å². The highest BCUT2D eigenvalue weighted by molar-refractivity contribution is 5.96. The minimum absolute atomic E-state index is 0.117. The Morgan fingerprint density at radius 3 is 3.00 bits per heavy atom. The van der Waals surface area contributed by atoms with Gasteiger partial charge in [-0.25, -0.2) is 0 Å². The van der Waals surface area contributed by atoms with Crippen LogP contribution >= 0.6 is 0 Å². The van der Waals surface area contributed by atoms with E-state index in [0.717, 1.165) is 19.3 Å². The van der Waals surface area contributed by atoms with Crippen molar-refractivity contribution < 1.29 is 9.90 Å². The molecule has 1 saturated carbocycles. The van der Waals surface area contributed by atoms with E-state index in [2.05, 4.69) is 5.32 Å². The van der Waals surface area contributed by atoms with Gasteiger partial charge in [-0.05, 0) is 44.4 Å². The molecule has 98 valence electrons. The first-order valence-electron chi connectivity index (χ1n) is 6.43. The summed E-state index contributed by atoms with van der Waals surface area (Å²) in [6.07, 6.45) is 3.19. The number of phenolic OH excluding ortho intramolecular Hbond substituents is 1. The van der Waals surface area contributed by atoms with E-state index in [-0.39, 0.29) is 17.7 Å². The Hall–Kier alpha value is -1.55. The fraction of sp³-hybridized carbons (Fsp3) is 0.500. The summed E-state index contributed by atoms with van der Waals surface area (Å²) >= 11 is 0. The van der Waals surface area contributed by atoms with Crippen molar-refractivity contribution in [1.29, 1.82) is 0 Å². The lowest BCUT2D eigenvalue weighted by atomic mass is 10.0. The molecule has 0 aromatic heterocycles. The molecule has 2 rings (SSSR count). The summed E-state index contributed by atoms with van der Waals surface area (Å²) in [5, 5.41) is 12.6. The summed E-state index contributed by atoms with van der Waals surface area (Å²) in [7, 11) is 0. The SMILES string of the molecule is Cc1c(O)cccc1C(=O)NC1CCCC1CN. The lowest BCUT2D eigenvalue weighted by Crippen LogP contribution is -2.40. The van der Waals surface area contributed by atoms with Crippen LogP contribution < -0.4 is 11.1 Å². The molecular weight excluding hydrogens is 228 g/mol. The van der Waals surface area contributed by atoms with Crippen molar-refractivity contribution in [2.45, 2.75) is 32.2 Å². The molecule has 1 fully saturated rings. The van der Waals surface area contributed by atoms with Gasteiger partial charge in [0, 0.05) is 17.2 Å². The predicted molar refractivity (Wildman–Crippen MR) is 70.5 cm³/mol. The molecule has 1 aromatic carbocycles. The standard InChI is InChI=1S/C14H20N2O2/c1-9-11(5-3-7-13(9)17)14(18)16-12-6-2-4-10(12)8-15/h3,5,7,10,12,17H,2,4,6,8,15H2,1H3,(H,16,18). The number of aromatic hydroxyl groups is 1. The fourth-order valence-corrected chi connectivity index (χ4v) is 2.62. The van der Waals surface area contributed by atoms with E-state index in [0.29, 0.717) is 23.6 Å². The average Bonchev–Trinajstić information content (AvgIpc) is 2.79. The molecule has 2 unspecified atom stereocenters. The number of amides is 1. The average molecular weight is 248 g/mol. The Morgan fingerprint density at radius 2 is 2.28 bits per heavy atom. The highest BCUT2D eigenvalue weighted by Crippen LogP contribution is 2.26. The lowest BCUT2D eigenvalue weighted by molar-refractivity contribution is 0.0927. The molecule has 2 atom stereocenters. The predicted octanol–water partition coefficient (Wildman–Crippen LogP) is 1.56. The van der Waals surface area contributed by atoms with Crippen LogP contribution in [0.2, 0.25) is 0 Å². The molecule has 4 N–H and O–H groups in total. The molecule has 0 aliphatic heterocycles.